The van der Waals surface area contributed by atoms with Crippen molar-refractivity contribution in [2.24, 2.45) is 16.6 Å². The predicted molar refractivity (Wildman–Crippen MR) is 102 cm³/mol. The molecule has 1 aromatic heterocycles. The summed E-state index contributed by atoms with van der Waals surface area (Å²) in [4.78, 5) is 19.2. The van der Waals surface area contributed by atoms with E-state index in [2.05, 4.69) is 9.97 Å². The second-order valence-electron chi connectivity index (χ2n) is 7.52. The van der Waals surface area contributed by atoms with Gasteiger partial charge >= 0.3 is 0 Å². The molecular weight excluding hydrogens is 358 g/mol. The molecule has 1 aromatic carbocycles. The normalized spacial score (nSPS) is 29.3. The molecule has 1 spiro atoms. The van der Waals surface area contributed by atoms with Crippen LogP contribution < -0.4 is 10.5 Å². The van der Waals surface area contributed by atoms with Crippen LogP contribution in [0, 0.1) is 5.92 Å². The topological polar surface area (TPSA) is 95.1 Å². The zero-order valence-electron chi connectivity index (χ0n) is 15.7. The number of aliphatic imine (C=N–C) groups is 1. The van der Waals surface area contributed by atoms with Crippen LogP contribution in [0.15, 0.2) is 41.9 Å². The molecule has 1 saturated heterocycles. The molecule has 5 rings (SSSR count). The van der Waals surface area contributed by atoms with E-state index in [4.69, 9.17) is 25.0 Å². The fourth-order valence-electron chi connectivity index (χ4n) is 4.22. The van der Waals surface area contributed by atoms with Gasteiger partial charge in [-0.25, -0.2) is 24.9 Å². The van der Waals surface area contributed by atoms with Crippen LogP contribution >= 0.6 is 0 Å². The van der Waals surface area contributed by atoms with Gasteiger partial charge in [0.15, 0.2) is 0 Å². The van der Waals surface area contributed by atoms with E-state index in [1.165, 1.54) is 11.4 Å². The van der Waals surface area contributed by atoms with Gasteiger partial charge in [-0.3, -0.25) is 0 Å². The van der Waals surface area contributed by atoms with Gasteiger partial charge in [0.2, 0.25) is 11.7 Å². The highest BCUT2D eigenvalue weighted by atomic mass is 16.7. The molecular formula is C20H23N5O3. The number of benzene rings is 1. The highest BCUT2D eigenvalue weighted by Crippen LogP contribution is 2.48. The first-order chi connectivity index (χ1) is 13.6. The van der Waals surface area contributed by atoms with Crippen LogP contribution in [0.4, 0.5) is 0 Å². The van der Waals surface area contributed by atoms with Crippen molar-refractivity contribution in [2.45, 2.75) is 31.1 Å². The van der Waals surface area contributed by atoms with Gasteiger partial charge in [-0.05, 0) is 30.5 Å². The van der Waals surface area contributed by atoms with Crippen LogP contribution in [0.5, 0.6) is 5.75 Å². The van der Waals surface area contributed by atoms with Gasteiger partial charge in [-0.15, -0.1) is 0 Å². The average Bonchev–Trinajstić information content (AvgIpc) is 3.02. The van der Waals surface area contributed by atoms with Crippen molar-refractivity contribution in [3.8, 4) is 16.9 Å². The van der Waals surface area contributed by atoms with E-state index in [1.807, 2.05) is 18.2 Å². The number of hydrogen-bond acceptors (Lipinski definition) is 8. The third kappa shape index (κ3) is 2.89. The average molecular weight is 381 g/mol. The number of fused-ring (bicyclic) bond motifs is 2. The van der Waals surface area contributed by atoms with E-state index in [9.17, 15) is 0 Å². The van der Waals surface area contributed by atoms with Crippen molar-refractivity contribution in [2.75, 3.05) is 20.3 Å². The van der Waals surface area contributed by atoms with E-state index in [0.717, 1.165) is 41.9 Å². The molecule has 4 heterocycles. The molecule has 0 amide bonds. The van der Waals surface area contributed by atoms with Crippen LogP contribution in [0.25, 0.3) is 11.1 Å². The van der Waals surface area contributed by atoms with Gasteiger partial charge in [0.25, 0.3) is 0 Å². The van der Waals surface area contributed by atoms with Crippen LogP contribution in [0.1, 0.15) is 24.8 Å². The standard InChI is InChI=1S/C20H23N5O3/c1-25-19(21)24-20(28-25)8-18(14-3-2-6-26-11-14)27-17-5-4-13(7-16(17)20)15-9-22-12-23-10-15/h4-5,7,9-10,12,14,18H,2-3,6,8,11H2,1H3,(H2,21,24). The maximum Gasteiger partial charge on any atom is 0.221 e. The second-order valence-corrected chi connectivity index (χ2v) is 7.52. The van der Waals surface area contributed by atoms with Crippen LogP contribution in [0.3, 0.4) is 0 Å². The van der Waals surface area contributed by atoms with E-state index < -0.39 is 5.72 Å². The summed E-state index contributed by atoms with van der Waals surface area (Å²) < 4.78 is 12.1. The van der Waals surface area contributed by atoms with Gasteiger partial charge in [-0.2, -0.15) is 0 Å². The number of rotatable bonds is 2. The fraction of sp³-hybridized carbons (Fsp3) is 0.450. The lowest BCUT2D eigenvalue weighted by Gasteiger charge is -2.40. The van der Waals surface area contributed by atoms with Crippen LogP contribution in [-0.4, -0.2) is 47.4 Å². The molecule has 0 saturated carbocycles. The van der Waals surface area contributed by atoms with Crippen LogP contribution in [0.2, 0.25) is 0 Å². The quantitative estimate of drug-likeness (QED) is 0.851. The molecule has 1 fully saturated rings. The van der Waals surface area contributed by atoms with Gasteiger partial charge in [0.05, 0.1) is 12.2 Å². The monoisotopic (exact) mass is 381 g/mol. The van der Waals surface area contributed by atoms with E-state index >= 15 is 0 Å². The minimum Gasteiger partial charge on any atom is -0.489 e. The molecule has 0 aliphatic carbocycles. The zero-order valence-corrected chi connectivity index (χ0v) is 15.7. The second kappa shape index (κ2) is 6.72. The predicted octanol–water partition coefficient (Wildman–Crippen LogP) is 2.07. The molecule has 3 unspecified atom stereocenters. The Bertz CT molecular complexity index is 900. The first-order valence-corrected chi connectivity index (χ1v) is 9.57. The number of ether oxygens (including phenoxy) is 2. The summed E-state index contributed by atoms with van der Waals surface area (Å²) in [5.41, 5.74) is 7.96. The minimum atomic E-state index is -0.889. The summed E-state index contributed by atoms with van der Waals surface area (Å²) in [5, 5.41) is 1.53. The molecule has 8 heteroatoms. The molecule has 8 nitrogen and oxygen atoms in total. The minimum absolute atomic E-state index is 0.0400. The summed E-state index contributed by atoms with van der Waals surface area (Å²) in [7, 11) is 1.77. The summed E-state index contributed by atoms with van der Waals surface area (Å²) in [6, 6.07) is 6.02. The Labute approximate surface area is 163 Å². The Morgan fingerprint density at radius 1 is 1.21 bits per heavy atom. The van der Waals surface area contributed by atoms with Crippen molar-refractivity contribution in [1.29, 1.82) is 0 Å². The largest absolute Gasteiger partial charge is 0.489 e. The number of hydroxylamine groups is 2. The van der Waals surface area contributed by atoms with Crippen molar-refractivity contribution >= 4 is 5.96 Å². The third-order valence-corrected chi connectivity index (χ3v) is 5.68. The van der Waals surface area contributed by atoms with Gasteiger partial charge in [0, 0.05) is 44.0 Å². The molecule has 0 radical (unpaired) electrons. The molecule has 2 aromatic rings. The SMILES string of the molecule is CN1OC2(CC(C3CCCOC3)Oc3ccc(-c4cncnc4)cc32)N=C1N. The highest BCUT2D eigenvalue weighted by Gasteiger charge is 2.50. The van der Waals surface area contributed by atoms with Crippen molar-refractivity contribution in [1.82, 2.24) is 15.0 Å². The Kier molecular flexibility index (Phi) is 4.17. The van der Waals surface area contributed by atoms with Crippen molar-refractivity contribution in [3.63, 3.8) is 0 Å². The summed E-state index contributed by atoms with van der Waals surface area (Å²) in [6.07, 6.45) is 7.76. The smallest absolute Gasteiger partial charge is 0.221 e. The van der Waals surface area contributed by atoms with Crippen molar-refractivity contribution in [3.05, 3.63) is 42.5 Å². The van der Waals surface area contributed by atoms with Crippen LogP contribution in [-0.2, 0) is 15.3 Å². The number of nitrogens with two attached hydrogens (primary N) is 1. The Morgan fingerprint density at radius 3 is 2.79 bits per heavy atom. The summed E-state index contributed by atoms with van der Waals surface area (Å²) in [6.45, 7) is 1.52. The lowest BCUT2D eigenvalue weighted by Crippen LogP contribution is -2.44. The maximum atomic E-state index is 6.40. The maximum absolute atomic E-state index is 6.40. The zero-order chi connectivity index (χ0) is 19.1. The Hall–Kier alpha value is -2.71. The lowest BCUT2D eigenvalue weighted by atomic mass is 9.84. The first-order valence-electron chi connectivity index (χ1n) is 9.57. The van der Waals surface area contributed by atoms with Gasteiger partial charge in [-0.1, -0.05) is 6.07 Å². The highest BCUT2D eigenvalue weighted by molar-refractivity contribution is 5.79. The fourth-order valence-corrected chi connectivity index (χ4v) is 4.22. The Balaban J connectivity index is 1.57. The number of aromatic nitrogens is 2. The molecule has 28 heavy (non-hydrogen) atoms. The third-order valence-electron chi connectivity index (χ3n) is 5.68. The lowest BCUT2D eigenvalue weighted by molar-refractivity contribution is -0.196. The van der Waals surface area contributed by atoms with Gasteiger partial charge in [0.1, 0.15) is 18.2 Å². The van der Waals surface area contributed by atoms with E-state index in [-0.39, 0.29) is 6.10 Å². The first kappa shape index (κ1) is 17.4. The molecule has 2 N–H and O–H groups in total. The molecule has 0 bridgehead atoms. The molecule has 3 aliphatic rings. The van der Waals surface area contributed by atoms with E-state index in [0.29, 0.717) is 24.9 Å². The number of nitrogens with zero attached hydrogens (tertiary/aromatic N) is 4. The number of hydrogen-bond donors (Lipinski definition) is 1. The molecule has 3 atom stereocenters. The molecule has 3 aliphatic heterocycles. The Morgan fingerprint density at radius 2 is 2.07 bits per heavy atom. The number of guanidine groups is 1. The summed E-state index contributed by atoms with van der Waals surface area (Å²) in [5.74, 6) is 1.45. The van der Waals surface area contributed by atoms with Gasteiger partial charge < -0.3 is 15.2 Å². The molecule has 146 valence electrons. The summed E-state index contributed by atoms with van der Waals surface area (Å²) >= 11 is 0. The van der Waals surface area contributed by atoms with Crippen molar-refractivity contribution < 1.29 is 14.3 Å². The van der Waals surface area contributed by atoms with E-state index in [1.54, 1.807) is 19.4 Å².